The van der Waals surface area contributed by atoms with E-state index in [4.69, 9.17) is 14.2 Å². The van der Waals surface area contributed by atoms with Gasteiger partial charge in [-0.25, -0.2) is 8.42 Å². The molecule has 3 aromatic rings. The predicted molar refractivity (Wildman–Crippen MR) is 139 cm³/mol. The van der Waals surface area contributed by atoms with Gasteiger partial charge in [0.2, 0.25) is 5.91 Å². The number of nitrogens with one attached hydrogen (secondary N) is 1. The molecule has 1 unspecified atom stereocenters. The van der Waals surface area contributed by atoms with Crippen molar-refractivity contribution in [2.45, 2.75) is 31.2 Å². The molecule has 0 aliphatic heterocycles. The van der Waals surface area contributed by atoms with Gasteiger partial charge < -0.3 is 19.5 Å². The SMILES string of the molecule is CCOc1ccc(N(CC(=O)NC(CC)c2ccccc2)S(=O)(=O)c2ccc(OC)c(OC)c2)cc1. The first-order valence-corrected chi connectivity index (χ1v) is 13.1. The summed E-state index contributed by atoms with van der Waals surface area (Å²) < 4.78 is 44.7. The van der Waals surface area contributed by atoms with Gasteiger partial charge in [0.05, 0.1) is 37.5 Å². The summed E-state index contributed by atoms with van der Waals surface area (Å²) in [5.41, 5.74) is 1.28. The Labute approximate surface area is 212 Å². The number of nitrogens with zero attached hydrogens (tertiary/aromatic N) is 1. The van der Waals surface area contributed by atoms with Crippen molar-refractivity contribution in [3.05, 3.63) is 78.4 Å². The standard InChI is InChI=1S/C27H32N2O6S/c1-5-24(20-10-8-7-9-11-20)28-27(30)19-29(21-12-14-22(15-13-21)35-6-2)36(31,32)23-16-17-25(33-3)26(18-23)34-4/h7-18,24H,5-6,19H2,1-4H3,(H,28,30). The van der Waals surface area contributed by atoms with Crippen LogP contribution < -0.4 is 23.8 Å². The van der Waals surface area contributed by atoms with Crippen LogP contribution in [0.25, 0.3) is 0 Å². The van der Waals surface area contributed by atoms with Gasteiger partial charge >= 0.3 is 0 Å². The molecule has 3 rings (SSSR count). The van der Waals surface area contributed by atoms with Gasteiger partial charge in [-0.3, -0.25) is 9.10 Å². The summed E-state index contributed by atoms with van der Waals surface area (Å²) in [5, 5.41) is 2.96. The zero-order chi connectivity index (χ0) is 26.1. The maximum atomic E-state index is 13.8. The van der Waals surface area contributed by atoms with E-state index in [-0.39, 0.29) is 16.7 Å². The number of carbonyl (C=O) groups is 1. The van der Waals surface area contributed by atoms with Crippen molar-refractivity contribution in [1.29, 1.82) is 0 Å². The second kappa shape index (κ2) is 12.3. The molecule has 1 atom stereocenters. The van der Waals surface area contributed by atoms with E-state index in [1.807, 2.05) is 44.2 Å². The Morgan fingerprint density at radius 1 is 0.917 bits per heavy atom. The highest BCUT2D eigenvalue weighted by molar-refractivity contribution is 7.92. The average Bonchev–Trinajstić information content (AvgIpc) is 2.91. The normalized spacial score (nSPS) is 11.9. The van der Waals surface area contributed by atoms with Crippen molar-refractivity contribution >= 4 is 21.6 Å². The number of carbonyl (C=O) groups excluding carboxylic acids is 1. The van der Waals surface area contributed by atoms with Crippen molar-refractivity contribution < 1.29 is 27.4 Å². The summed E-state index contributed by atoms with van der Waals surface area (Å²) in [4.78, 5) is 13.1. The van der Waals surface area contributed by atoms with E-state index in [0.29, 0.717) is 30.2 Å². The summed E-state index contributed by atoms with van der Waals surface area (Å²) in [6, 6.07) is 20.2. The lowest BCUT2D eigenvalue weighted by atomic mass is 10.0. The fourth-order valence-electron chi connectivity index (χ4n) is 3.77. The molecular weight excluding hydrogens is 480 g/mol. The number of hydrogen-bond acceptors (Lipinski definition) is 6. The summed E-state index contributed by atoms with van der Waals surface area (Å²) in [5.74, 6) is 0.841. The number of sulfonamides is 1. The van der Waals surface area contributed by atoms with E-state index in [0.717, 1.165) is 9.87 Å². The smallest absolute Gasteiger partial charge is 0.264 e. The minimum atomic E-state index is -4.14. The molecule has 1 N–H and O–H groups in total. The third kappa shape index (κ3) is 6.28. The molecule has 0 heterocycles. The molecular formula is C27H32N2O6S. The molecule has 8 nitrogen and oxygen atoms in total. The second-order valence-corrected chi connectivity index (χ2v) is 9.76. The number of ether oxygens (including phenoxy) is 3. The van der Waals surface area contributed by atoms with E-state index >= 15 is 0 Å². The molecule has 9 heteroatoms. The van der Waals surface area contributed by atoms with Crippen LogP contribution >= 0.6 is 0 Å². The van der Waals surface area contributed by atoms with Crippen LogP contribution in [0.4, 0.5) is 5.69 Å². The van der Waals surface area contributed by atoms with Crippen molar-refractivity contribution in [2.75, 3.05) is 31.7 Å². The summed E-state index contributed by atoms with van der Waals surface area (Å²) in [6.07, 6.45) is 0.654. The Bertz CT molecular complexity index is 1250. The van der Waals surface area contributed by atoms with E-state index in [9.17, 15) is 13.2 Å². The molecule has 1 amide bonds. The van der Waals surface area contributed by atoms with Crippen LogP contribution in [0.1, 0.15) is 31.9 Å². The monoisotopic (exact) mass is 512 g/mol. The van der Waals surface area contributed by atoms with Crippen LogP contribution in [-0.2, 0) is 14.8 Å². The topological polar surface area (TPSA) is 94.2 Å². The van der Waals surface area contributed by atoms with Gasteiger partial charge in [0.25, 0.3) is 10.0 Å². The maximum Gasteiger partial charge on any atom is 0.264 e. The molecule has 3 aromatic carbocycles. The Kier molecular flexibility index (Phi) is 9.19. The van der Waals surface area contributed by atoms with Gasteiger partial charge in [-0.2, -0.15) is 0 Å². The molecule has 0 aliphatic carbocycles. The predicted octanol–water partition coefficient (Wildman–Crippen LogP) is 4.57. The van der Waals surface area contributed by atoms with E-state index in [2.05, 4.69) is 5.32 Å². The molecule has 0 fully saturated rings. The highest BCUT2D eigenvalue weighted by Gasteiger charge is 2.29. The van der Waals surface area contributed by atoms with Crippen molar-refractivity contribution in [2.24, 2.45) is 0 Å². The van der Waals surface area contributed by atoms with Crippen LogP contribution in [0.15, 0.2) is 77.7 Å². The highest BCUT2D eigenvalue weighted by Crippen LogP contribution is 2.32. The average molecular weight is 513 g/mol. The molecule has 0 radical (unpaired) electrons. The molecule has 0 aliphatic rings. The minimum absolute atomic E-state index is 0.0306. The van der Waals surface area contributed by atoms with Crippen molar-refractivity contribution in [1.82, 2.24) is 5.32 Å². The van der Waals surface area contributed by atoms with Gasteiger partial charge in [0, 0.05) is 6.07 Å². The molecule has 0 bridgehead atoms. The Balaban J connectivity index is 1.97. The fraction of sp³-hybridized carbons (Fsp3) is 0.296. The highest BCUT2D eigenvalue weighted by atomic mass is 32.2. The number of rotatable bonds is 12. The number of hydrogen-bond donors (Lipinski definition) is 1. The summed E-state index contributed by atoms with van der Waals surface area (Å²) in [7, 11) is -1.24. The summed E-state index contributed by atoms with van der Waals surface area (Å²) >= 11 is 0. The Hall–Kier alpha value is -3.72. The van der Waals surface area contributed by atoms with E-state index in [1.165, 1.54) is 32.4 Å². The number of amides is 1. The molecule has 0 spiro atoms. The molecule has 192 valence electrons. The van der Waals surface area contributed by atoms with Crippen LogP contribution in [0.5, 0.6) is 17.2 Å². The summed E-state index contributed by atoms with van der Waals surface area (Å²) in [6.45, 7) is 3.90. The van der Waals surface area contributed by atoms with Gasteiger partial charge in [-0.05, 0) is 55.3 Å². The van der Waals surface area contributed by atoms with Gasteiger partial charge in [0.15, 0.2) is 11.5 Å². The number of methoxy groups -OCH3 is 2. The third-order valence-electron chi connectivity index (χ3n) is 5.61. The molecule has 0 saturated carbocycles. The van der Waals surface area contributed by atoms with Gasteiger partial charge in [-0.1, -0.05) is 37.3 Å². The molecule has 0 aromatic heterocycles. The zero-order valence-electron chi connectivity index (χ0n) is 20.9. The van der Waals surface area contributed by atoms with Crippen LogP contribution in [0.3, 0.4) is 0 Å². The van der Waals surface area contributed by atoms with Crippen LogP contribution in [0, 0.1) is 0 Å². The maximum absolute atomic E-state index is 13.8. The largest absolute Gasteiger partial charge is 0.494 e. The zero-order valence-corrected chi connectivity index (χ0v) is 21.7. The number of anilines is 1. The lowest BCUT2D eigenvalue weighted by molar-refractivity contribution is -0.120. The Morgan fingerprint density at radius 3 is 2.17 bits per heavy atom. The minimum Gasteiger partial charge on any atom is -0.494 e. The van der Waals surface area contributed by atoms with Crippen LogP contribution in [-0.4, -0.2) is 41.7 Å². The van der Waals surface area contributed by atoms with Crippen molar-refractivity contribution in [3.63, 3.8) is 0 Å². The number of benzene rings is 3. The van der Waals surface area contributed by atoms with Crippen molar-refractivity contribution in [3.8, 4) is 17.2 Å². The molecule has 36 heavy (non-hydrogen) atoms. The first kappa shape index (κ1) is 26.9. The van der Waals surface area contributed by atoms with Gasteiger partial charge in [0.1, 0.15) is 12.3 Å². The lowest BCUT2D eigenvalue weighted by Gasteiger charge is -2.26. The first-order chi connectivity index (χ1) is 17.3. The second-order valence-electron chi connectivity index (χ2n) is 7.89. The first-order valence-electron chi connectivity index (χ1n) is 11.7. The van der Waals surface area contributed by atoms with Crippen LogP contribution in [0.2, 0.25) is 0 Å². The molecule has 0 saturated heterocycles. The lowest BCUT2D eigenvalue weighted by Crippen LogP contribution is -2.42. The third-order valence-corrected chi connectivity index (χ3v) is 7.38. The van der Waals surface area contributed by atoms with E-state index < -0.39 is 22.5 Å². The Morgan fingerprint density at radius 2 is 1.58 bits per heavy atom. The van der Waals surface area contributed by atoms with Gasteiger partial charge in [-0.15, -0.1) is 0 Å². The quantitative estimate of drug-likeness (QED) is 0.382. The fourth-order valence-corrected chi connectivity index (χ4v) is 5.21. The van der Waals surface area contributed by atoms with E-state index in [1.54, 1.807) is 24.3 Å².